The molecule has 2 aromatic rings. The van der Waals surface area contributed by atoms with Crippen LogP contribution in [0.25, 0.3) is 0 Å². The monoisotopic (exact) mass is 329 g/mol. The smallest absolute Gasteiger partial charge is 0.306 e. The van der Waals surface area contributed by atoms with E-state index in [-0.39, 0.29) is 11.2 Å². The van der Waals surface area contributed by atoms with Crippen molar-refractivity contribution in [3.8, 4) is 0 Å². The number of esters is 1. The predicted molar refractivity (Wildman–Crippen MR) is 92.8 cm³/mol. The number of carbonyl (C=O) groups excluding carboxylic acids is 1. The molecule has 1 heterocycles. The van der Waals surface area contributed by atoms with E-state index in [1.54, 1.807) is 23.5 Å². The zero-order valence-electron chi connectivity index (χ0n) is 12.1. The Kier molecular flexibility index (Phi) is 4.85. The Labute approximate surface area is 138 Å². The highest BCUT2D eigenvalue weighted by molar-refractivity contribution is 8.39. The number of ether oxygens (including phenoxy) is 1. The lowest BCUT2D eigenvalue weighted by Crippen LogP contribution is -2.10. The molecule has 3 rings (SSSR count). The van der Waals surface area contributed by atoms with Crippen LogP contribution in [0.3, 0.4) is 0 Å². The van der Waals surface area contributed by atoms with Gasteiger partial charge < -0.3 is 4.74 Å². The second kappa shape index (κ2) is 7.03. The molecule has 0 amide bonds. The van der Waals surface area contributed by atoms with Crippen LogP contribution in [0, 0.1) is 0 Å². The molecule has 1 aliphatic heterocycles. The average Bonchev–Trinajstić information content (AvgIpc) is 2.55. The Morgan fingerprint density at radius 2 is 1.91 bits per heavy atom. The molecule has 0 fully saturated rings. The van der Waals surface area contributed by atoms with Crippen molar-refractivity contribution in [2.75, 3.05) is 7.11 Å². The van der Waals surface area contributed by atoms with E-state index in [0.717, 1.165) is 20.5 Å². The van der Waals surface area contributed by atoms with Crippen LogP contribution in [0.1, 0.15) is 17.2 Å². The second-order valence-electron chi connectivity index (χ2n) is 4.74. The highest BCUT2D eigenvalue weighted by atomic mass is 32.2. The van der Waals surface area contributed by atoms with Gasteiger partial charge >= 0.3 is 5.97 Å². The fourth-order valence-corrected chi connectivity index (χ4v) is 4.60. The van der Waals surface area contributed by atoms with Crippen molar-refractivity contribution in [1.29, 1.82) is 0 Å². The summed E-state index contributed by atoms with van der Waals surface area (Å²) in [6.07, 6.45) is 0.354. The number of hydrogen-bond acceptors (Lipinski definition) is 5. The van der Waals surface area contributed by atoms with Crippen LogP contribution in [0.15, 0.2) is 64.5 Å². The molecule has 5 heteroatoms. The third-order valence-corrected chi connectivity index (χ3v) is 5.58. The number of methoxy groups -OCH3 is 1. The second-order valence-corrected chi connectivity index (χ2v) is 7.25. The van der Waals surface area contributed by atoms with Gasteiger partial charge in [-0.1, -0.05) is 59.9 Å². The summed E-state index contributed by atoms with van der Waals surface area (Å²) in [7, 11) is 1.43. The van der Waals surface area contributed by atoms with Gasteiger partial charge in [0, 0.05) is 10.1 Å². The maximum atomic E-state index is 11.7. The summed E-state index contributed by atoms with van der Waals surface area (Å²) in [5.41, 5.74) is 2.03. The van der Waals surface area contributed by atoms with Crippen molar-refractivity contribution in [2.24, 2.45) is 4.99 Å². The molecule has 112 valence electrons. The predicted octanol–water partition coefficient (Wildman–Crippen LogP) is 4.82. The lowest BCUT2D eigenvalue weighted by Gasteiger charge is -2.23. The van der Waals surface area contributed by atoms with Crippen molar-refractivity contribution < 1.29 is 9.53 Å². The van der Waals surface area contributed by atoms with E-state index in [2.05, 4.69) is 12.1 Å². The molecule has 0 aromatic heterocycles. The van der Waals surface area contributed by atoms with Gasteiger partial charge in [-0.2, -0.15) is 0 Å². The van der Waals surface area contributed by atoms with E-state index in [0.29, 0.717) is 6.42 Å². The van der Waals surface area contributed by atoms with Crippen LogP contribution in [-0.4, -0.2) is 17.5 Å². The maximum Gasteiger partial charge on any atom is 0.306 e. The molecule has 3 nitrogen and oxygen atoms in total. The van der Waals surface area contributed by atoms with Crippen LogP contribution in [0.2, 0.25) is 0 Å². The molecule has 0 bridgehead atoms. The van der Waals surface area contributed by atoms with E-state index >= 15 is 0 Å². The first kappa shape index (κ1) is 15.2. The summed E-state index contributed by atoms with van der Waals surface area (Å²) >= 11 is 3.25. The molecular formula is C17H15NO2S2. The number of para-hydroxylation sites is 1. The summed E-state index contributed by atoms with van der Waals surface area (Å²) in [6, 6.07) is 18.1. The zero-order valence-corrected chi connectivity index (χ0v) is 13.7. The third-order valence-electron chi connectivity index (χ3n) is 3.27. The fourth-order valence-electron chi connectivity index (χ4n) is 2.19. The van der Waals surface area contributed by atoms with Crippen LogP contribution in [-0.2, 0) is 9.53 Å². The lowest BCUT2D eigenvalue weighted by molar-refractivity contribution is -0.140. The molecule has 1 unspecified atom stereocenters. The summed E-state index contributed by atoms with van der Waals surface area (Å²) in [5.74, 6) is -0.196. The van der Waals surface area contributed by atoms with E-state index in [1.807, 2.05) is 42.5 Å². The van der Waals surface area contributed by atoms with Crippen LogP contribution in [0.4, 0.5) is 5.69 Å². The topological polar surface area (TPSA) is 38.7 Å². The van der Waals surface area contributed by atoms with Crippen LogP contribution >= 0.6 is 23.5 Å². The minimum Gasteiger partial charge on any atom is -0.469 e. The van der Waals surface area contributed by atoms with Gasteiger partial charge in [0.25, 0.3) is 0 Å². The van der Waals surface area contributed by atoms with Crippen LogP contribution < -0.4 is 0 Å². The third kappa shape index (κ3) is 3.54. The summed E-state index contributed by atoms with van der Waals surface area (Å²) in [5, 5.41) is 0.0485. The summed E-state index contributed by atoms with van der Waals surface area (Å²) < 4.78 is 5.78. The van der Waals surface area contributed by atoms with Gasteiger partial charge in [0.15, 0.2) is 0 Å². The van der Waals surface area contributed by atoms with Gasteiger partial charge in [0.05, 0.1) is 19.2 Å². The van der Waals surface area contributed by atoms with Gasteiger partial charge in [-0.25, -0.2) is 4.99 Å². The Balaban J connectivity index is 1.87. The molecule has 1 atom stereocenters. The largest absolute Gasteiger partial charge is 0.469 e. The highest BCUT2D eigenvalue weighted by Gasteiger charge is 2.26. The first-order valence-electron chi connectivity index (χ1n) is 6.90. The van der Waals surface area contributed by atoms with Gasteiger partial charge in [-0.05, 0) is 23.8 Å². The van der Waals surface area contributed by atoms with Gasteiger partial charge in [-0.3, -0.25) is 4.79 Å². The van der Waals surface area contributed by atoms with Crippen molar-refractivity contribution in [2.45, 2.75) is 16.6 Å². The molecule has 0 N–H and O–H groups in total. The molecule has 1 aliphatic rings. The SMILES string of the molecule is COC(=O)CC1SC(Sc2ccccc2)=Nc2ccccc21. The van der Waals surface area contributed by atoms with Gasteiger partial charge in [-0.15, -0.1) is 0 Å². The quantitative estimate of drug-likeness (QED) is 0.757. The number of benzene rings is 2. The lowest BCUT2D eigenvalue weighted by atomic mass is 10.1. The number of nitrogens with zero attached hydrogens (tertiary/aromatic N) is 1. The minimum atomic E-state index is -0.196. The fraction of sp³-hybridized carbons (Fsp3) is 0.176. The highest BCUT2D eigenvalue weighted by Crippen LogP contribution is 2.46. The summed E-state index contributed by atoms with van der Waals surface area (Å²) in [6.45, 7) is 0. The van der Waals surface area contributed by atoms with E-state index in [9.17, 15) is 4.79 Å². The Hall–Kier alpha value is -1.72. The Bertz CT molecular complexity index is 701. The molecular weight excluding hydrogens is 314 g/mol. The number of fused-ring (bicyclic) bond motifs is 1. The summed E-state index contributed by atoms with van der Waals surface area (Å²) in [4.78, 5) is 17.5. The Morgan fingerprint density at radius 3 is 2.68 bits per heavy atom. The first-order chi connectivity index (χ1) is 10.8. The van der Waals surface area contributed by atoms with E-state index in [1.165, 1.54) is 7.11 Å². The maximum absolute atomic E-state index is 11.7. The van der Waals surface area contributed by atoms with E-state index < -0.39 is 0 Å². The minimum absolute atomic E-state index is 0.0485. The van der Waals surface area contributed by atoms with Crippen molar-refractivity contribution in [3.63, 3.8) is 0 Å². The molecule has 22 heavy (non-hydrogen) atoms. The molecule has 0 saturated carbocycles. The molecule has 0 aliphatic carbocycles. The van der Waals surface area contributed by atoms with Crippen molar-refractivity contribution >= 4 is 39.6 Å². The number of hydrogen-bond donors (Lipinski definition) is 0. The number of rotatable bonds is 3. The number of aliphatic imine (C=N–C) groups is 1. The molecule has 0 saturated heterocycles. The van der Waals surface area contributed by atoms with Crippen molar-refractivity contribution in [1.82, 2.24) is 0 Å². The zero-order chi connectivity index (χ0) is 15.4. The molecule has 0 spiro atoms. The van der Waals surface area contributed by atoms with Crippen molar-refractivity contribution in [3.05, 3.63) is 60.2 Å². The first-order valence-corrected chi connectivity index (χ1v) is 8.60. The normalized spacial score (nSPS) is 16.6. The van der Waals surface area contributed by atoms with Gasteiger partial charge in [0.1, 0.15) is 4.38 Å². The molecule has 2 aromatic carbocycles. The van der Waals surface area contributed by atoms with Crippen LogP contribution in [0.5, 0.6) is 0 Å². The number of carbonyl (C=O) groups is 1. The Morgan fingerprint density at radius 1 is 1.18 bits per heavy atom. The molecule has 0 radical (unpaired) electrons. The number of thioether (sulfide) groups is 2. The average molecular weight is 329 g/mol. The van der Waals surface area contributed by atoms with E-state index in [4.69, 9.17) is 9.73 Å². The van der Waals surface area contributed by atoms with Gasteiger partial charge in [0.2, 0.25) is 0 Å². The standard InChI is InChI=1S/C17H15NO2S2/c1-20-16(19)11-15-13-9-5-6-10-14(13)18-17(22-15)21-12-7-3-2-4-8-12/h2-10,15H,11H2,1H3.